The SMILES string of the molecule is C1=CC2(COP(OCC34C=CC(CC3)C4)OCC34C=CC(CC3)C4)CCC1C2. The molecule has 6 aliphatic carbocycles. The molecule has 0 heterocycles. The third kappa shape index (κ3) is 3.27. The maximum atomic E-state index is 6.39. The molecule has 0 N–H and O–H groups in total. The Bertz CT molecular complexity index is 622. The highest BCUT2D eigenvalue weighted by atomic mass is 31.2. The molecule has 28 heavy (non-hydrogen) atoms. The molecule has 4 heteroatoms. The van der Waals surface area contributed by atoms with Crippen LogP contribution < -0.4 is 0 Å². The molecule has 6 atom stereocenters. The van der Waals surface area contributed by atoms with Crippen molar-refractivity contribution in [2.24, 2.45) is 34.0 Å². The molecule has 3 nitrogen and oxygen atoms in total. The maximum absolute atomic E-state index is 6.39. The first-order valence-electron chi connectivity index (χ1n) is 11.4. The monoisotopic (exact) mass is 400 g/mol. The highest BCUT2D eigenvalue weighted by Gasteiger charge is 2.45. The standard InChI is InChI=1S/C24H33O3P/c1-7-22(8-2-19(1)13-22)16-25-28(26-17-23-9-3-20(14-23)4-10-23)27-18-24-11-5-21(15-24)6-12-24/h1,3,5,7,9,11,19-21H,2,4,6,8,10,12-18H2. The van der Waals surface area contributed by atoms with Crippen LogP contribution in [0.3, 0.4) is 0 Å². The minimum absolute atomic E-state index is 0.256. The summed E-state index contributed by atoms with van der Waals surface area (Å²) in [6.07, 6.45) is 26.0. The maximum Gasteiger partial charge on any atom is 0.332 e. The Labute approximate surface area is 170 Å². The predicted molar refractivity (Wildman–Crippen MR) is 112 cm³/mol. The molecular weight excluding hydrogens is 367 g/mol. The van der Waals surface area contributed by atoms with Gasteiger partial charge in [0.15, 0.2) is 0 Å². The van der Waals surface area contributed by atoms with E-state index in [1.165, 1.54) is 57.8 Å². The molecule has 3 saturated carbocycles. The Hall–Kier alpha value is -0.470. The number of allylic oxidation sites excluding steroid dienone is 3. The lowest BCUT2D eigenvalue weighted by molar-refractivity contribution is 0.0837. The minimum Gasteiger partial charge on any atom is -0.311 e. The van der Waals surface area contributed by atoms with E-state index < -0.39 is 8.60 Å². The molecule has 0 aromatic carbocycles. The van der Waals surface area contributed by atoms with Crippen molar-refractivity contribution in [3.8, 4) is 0 Å². The van der Waals surface area contributed by atoms with E-state index in [1.807, 2.05) is 0 Å². The van der Waals surface area contributed by atoms with Gasteiger partial charge in [-0.2, -0.15) is 0 Å². The van der Waals surface area contributed by atoms with Gasteiger partial charge in [0, 0.05) is 16.2 Å². The number of rotatable bonds is 9. The van der Waals surface area contributed by atoms with Crippen LogP contribution >= 0.6 is 8.60 Å². The van der Waals surface area contributed by atoms with Crippen LogP contribution in [0.1, 0.15) is 57.8 Å². The van der Waals surface area contributed by atoms with Crippen LogP contribution in [-0.4, -0.2) is 19.8 Å². The van der Waals surface area contributed by atoms with Crippen molar-refractivity contribution in [1.82, 2.24) is 0 Å². The van der Waals surface area contributed by atoms with Gasteiger partial charge in [0.25, 0.3) is 0 Å². The smallest absolute Gasteiger partial charge is 0.311 e. The second-order valence-electron chi connectivity index (χ2n) is 10.7. The van der Waals surface area contributed by atoms with Crippen LogP contribution in [0.25, 0.3) is 0 Å². The summed E-state index contributed by atoms with van der Waals surface area (Å²) in [4.78, 5) is 0. The summed E-state index contributed by atoms with van der Waals surface area (Å²) in [6, 6.07) is 0. The van der Waals surface area contributed by atoms with Crippen LogP contribution in [0, 0.1) is 34.0 Å². The normalized spacial score (nSPS) is 47.8. The summed E-state index contributed by atoms with van der Waals surface area (Å²) in [5, 5.41) is 0. The zero-order valence-electron chi connectivity index (χ0n) is 16.9. The van der Waals surface area contributed by atoms with Gasteiger partial charge in [0.05, 0.1) is 19.8 Å². The van der Waals surface area contributed by atoms with Gasteiger partial charge in [-0.15, -0.1) is 0 Å². The molecule has 0 radical (unpaired) electrons. The van der Waals surface area contributed by atoms with E-state index >= 15 is 0 Å². The Morgan fingerprint density at radius 1 is 0.607 bits per heavy atom. The van der Waals surface area contributed by atoms with Crippen LogP contribution in [0.4, 0.5) is 0 Å². The van der Waals surface area contributed by atoms with Crippen LogP contribution in [-0.2, 0) is 13.6 Å². The van der Waals surface area contributed by atoms with Gasteiger partial charge in [-0.3, -0.25) is 0 Å². The van der Waals surface area contributed by atoms with Gasteiger partial charge < -0.3 is 13.6 Å². The van der Waals surface area contributed by atoms with Gasteiger partial charge in [0.2, 0.25) is 0 Å². The van der Waals surface area contributed by atoms with Crippen molar-refractivity contribution >= 4 is 8.60 Å². The first kappa shape index (κ1) is 18.3. The molecular formula is C24H33O3P. The third-order valence-electron chi connectivity index (χ3n) is 8.58. The molecule has 0 aromatic heterocycles. The molecule has 6 unspecified atom stereocenters. The highest BCUT2D eigenvalue weighted by Crippen LogP contribution is 2.56. The first-order valence-corrected chi connectivity index (χ1v) is 12.5. The Kier molecular flexibility index (Phi) is 4.43. The van der Waals surface area contributed by atoms with Gasteiger partial charge in [-0.05, 0) is 75.5 Å². The van der Waals surface area contributed by atoms with Gasteiger partial charge in [-0.25, -0.2) is 0 Å². The summed E-state index contributed by atoms with van der Waals surface area (Å²) in [6.45, 7) is 2.30. The van der Waals surface area contributed by atoms with Crippen molar-refractivity contribution in [3.63, 3.8) is 0 Å². The van der Waals surface area contributed by atoms with Crippen molar-refractivity contribution in [1.29, 1.82) is 0 Å². The second kappa shape index (κ2) is 6.77. The largest absolute Gasteiger partial charge is 0.332 e. The molecule has 0 aliphatic heterocycles. The molecule has 0 aromatic rings. The van der Waals surface area contributed by atoms with E-state index in [0.29, 0.717) is 0 Å². The van der Waals surface area contributed by atoms with E-state index in [9.17, 15) is 0 Å². The minimum atomic E-state index is -1.27. The van der Waals surface area contributed by atoms with Gasteiger partial charge >= 0.3 is 8.60 Å². The van der Waals surface area contributed by atoms with Crippen LogP contribution in [0.15, 0.2) is 36.5 Å². The van der Waals surface area contributed by atoms with E-state index in [-0.39, 0.29) is 16.2 Å². The quantitative estimate of drug-likeness (QED) is 0.334. The fourth-order valence-electron chi connectivity index (χ4n) is 6.76. The topological polar surface area (TPSA) is 27.7 Å². The molecule has 3 fully saturated rings. The van der Waals surface area contributed by atoms with Crippen molar-refractivity contribution in [3.05, 3.63) is 36.5 Å². The van der Waals surface area contributed by atoms with E-state index in [4.69, 9.17) is 13.6 Å². The van der Waals surface area contributed by atoms with Gasteiger partial charge in [-0.1, -0.05) is 36.5 Å². The Morgan fingerprint density at radius 3 is 1.18 bits per heavy atom. The zero-order valence-corrected chi connectivity index (χ0v) is 17.7. The lowest BCUT2D eigenvalue weighted by atomic mass is 9.89. The summed E-state index contributed by atoms with van der Waals surface area (Å²) in [7, 11) is -1.27. The fourth-order valence-corrected chi connectivity index (χ4v) is 8.07. The van der Waals surface area contributed by atoms with Crippen LogP contribution in [0.5, 0.6) is 0 Å². The first-order chi connectivity index (χ1) is 13.6. The summed E-state index contributed by atoms with van der Waals surface area (Å²) in [5.41, 5.74) is 0.768. The summed E-state index contributed by atoms with van der Waals surface area (Å²) in [5.74, 6) is 2.35. The average Bonchev–Trinajstić information content (AvgIpc) is 3.56. The zero-order chi connectivity index (χ0) is 18.7. The molecule has 0 amide bonds. The number of hydrogen-bond acceptors (Lipinski definition) is 3. The Balaban J connectivity index is 1.09. The molecule has 0 saturated heterocycles. The molecule has 6 rings (SSSR count). The van der Waals surface area contributed by atoms with E-state index in [1.54, 1.807) is 0 Å². The third-order valence-corrected chi connectivity index (χ3v) is 9.60. The summed E-state index contributed by atoms with van der Waals surface area (Å²) < 4.78 is 19.2. The lowest BCUT2D eigenvalue weighted by Gasteiger charge is -2.31. The van der Waals surface area contributed by atoms with E-state index in [0.717, 1.165) is 37.6 Å². The fraction of sp³-hybridized carbons (Fsp3) is 0.750. The van der Waals surface area contributed by atoms with Gasteiger partial charge in [0.1, 0.15) is 0 Å². The summed E-state index contributed by atoms with van der Waals surface area (Å²) >= 11 is 0. The predicted octanol–water partition coefficient (Wildman–Crippen LogP) is 6.33. The van der Waals surface area contributed by atoms with Crippen molar-refractivity contribution < 1.29 is 13.6 Å². The number of fused-ring (bicyclic) bond motifs is 6. The molecule has 0 spiro atoms. The number of hydrogen-bond donors (Lipinski definition) is 0. The van der Waals surface area contributed by atoms with E-state index in [2.05, 4.69) is 36.5 Å². The second-order valence-corrected chi connectivity index (χ2v) is 11.9. The lowest BCUT2D eigenvalue weighted by Crippen LogP contribution is -2.23. The Morgan fingerprint density at radius 2 is 0.964 bits per heavy atom. The van der Waals surface area contributed by atoms with Crippen molar-refractivity contribution in [2.45, 2.75) is 57.8 Å². The molecule has 6 bridgehead atoms. The molecule has 152 valence electrons. The average molecular weight is 400 g/mol. The van der Waals surface area contributed by atoms with Crippen molar-refractivity contribution in [2.75, 3.05) is 19.8 Å². The highest BCUT2D eigenvalue weighted by molar-refractivity contribution is 7.41. The molecule has 6 aliphatic rings. The van der Waals surface area contributed by atoms with Crippen LogP contribution in [0.2, 0.25) is 0 Å².